The molecule has 1 aliphatic carbocycles. The van der Waals surface area contributed by atoms with E-state index in [1.807, 2.05) is 6.07 Å². The highest BCUT2D eigenvalue weighted by Crippen LogP contribution is 2.33. The number of nitrogens with zero attached hydrogens (tertiary/aromatic N) is 1. The van der Waals surface area contributed by atoms with Gasteiger partial charge in [-0.2, -0.15) is 0 Å². The van der Waals surface area contributed by atoms with Crippen molar-refractivity contribution >= 4 is 29.3 Å². The maximum absolute atomic E-state index is 13.0. The third-order valence-corrected chi connectivity index (χ3v) is 6.71. The molecule has 3 aliphatic heterocycles. The van der Waals surface area contributed by atoms with E-state index in [4.69, 9.17) is 0 Å². The minimum atomic E-state index is -0.932. The van der Waals surface area contributed by atoms with Crippen molar-refractivity contribution in [2.45, 2.75) is 56.7 Å². The molecule has 3 N–H and O–H groups in total. The predicted octanol–water partition coefficient (Wildman–Crippen LogP) is 1.03. The molecule has 3 heterocycles. The first-order chi connectivity index (χ1) is 14.0. The molecule has 4 amide bonds. The summed E-state index contributed by atoms with van der Waals surface area (Å²) in [5.74, 6) is -1.10. The third kappa shape index (κ3) is 3.11. The summed E-state index contributed by atoms with van der Waals surface area (Å²) < 4.78 is 0. The fourth-order valence-electron chi connectivity index (χ4n) is 5.17. The van der Waals surface area contributed by atoms with Crippen LogP contribution in [0, 0.1) is 5.92 Å². The molecule has 4 aliphatic rings. The molecular formula is C21H24N4O4. The zero-order chi connectivity index (χ0) is 20.1. The fraction of sp³-hybridized carbons (Fsp3) is 0.524. The number of fused-ring (bicyclic) bond motifs is 3. The van der Waals surface area contributed by atoms with Gasteiger partial charge in [0.15, 0.2) is 0 Å². The standard InChI is InChI=1S/C21H24N4O4/c26-18-6-5-17(19(27)24-18)25-20(28)13-3-2-12(10-14(13)21(25)29)23-15-4-1-11-7-8-22-16(15)9-11/h2-3,10-11,15-17,22-23H,1,4-9H2,(H,24,26,27). The van der Waals surface area contributed by atoms with Gasteiger partial charge >= 0.3 is 0 Å². The van der Waals surface area contributed by atoms with E-state index in [9.17, 15) is 19.2 Å². The number of amides is 4. The Morgan fingerprint density at radius 1 is 0.966 bits per heavy atom. The summed E-state index contributed by atoms with van der Waals surface area (Å²) in [6, 6.07) is 4.99. The lowest BCUT2D eigenvalue weighted by Gasteiger charge is -2.41. The van der Waals surface area contributed by atoms with E-state index < -0.39 is 23.8 Å². The molecule has 1 aromatic rings. The van der Waals surface area contributed by atoms with Crippen molar-refractivity contribution in [3.63, 3.8) is 0 Å². The average Bonchev–Trinajstić information content (AvgIpc) is 2.95. The second kappa shape index (κ2) is 6.95. The third-order valence-electron chi connectivity index (χ3n) is 6.71. The molecule has 3 fully saturated rings. The Balaban J connectivity index is 1.35. The van der Waals surface area contributed by atoms with E-state index in [2.05, 4.69) is 16.0 Å². The van der Waals surface area contributed by atoms with E-state index in [1.54, 1.807) is 12.1 Å². The Morgan fingerprint density at radius 3 is 2.62 bits per heavy atom. The molecule has 0 aromatic heterocycles. The van der Waals surface area contributed by atoms with Gasteiger partial charge in [0, 0.05) is 24.2 Å². The highest BCUT2D eigenvalue weighted by atomic mass is 16.2. The lowest BCUT2D eigenvalue weighted by molar-refractivity contribution is -0.136. The molecule has 8 nitrogen and oxygen atoms in total. The second-order valence-corrected chi connectivity index (χ2v) is 8.49. The number of carbonyl (C=O) groups excluding carboxylic acids is 4. The normalized spacial score (nSPS) is 31.5. The minimum Gasteiger partial charge on any atom is -0.381 e. The van der Waals surface area contributed by atoms with Crippen molar-refractivity contribution in [2.24, 2.45) is 5.92 Å². The van der Waals surface area contributed by atoms with Gasteiger partial charge in [-0.15, -0.1) is 0 Å². The molecule has 152 valence electrons. The van der Waals surface area contributed by atoms with Gasteiger partial charge in [-0.05, 0) is 62.8 Å². The number of piperidine rings is 2. The van der Waals surface area contributed by atoms with Crippen LogP contribution in [0.3, 0.4) is 0 Å². The van der Waals surface area contributed by atoms with Gasteiger partial charge in [0.05, 0.1) is 11.1 Å². The first-order valence-electron chi connectivity index (χ1n) is 10.4. The molecule has 29 heavy (non-hydrogen) atoms. The zero-order valence-corrected chi connectivity index (χ0v) is 16.1. The lowest BCUT2D eigenvalue weighted by Crippen LogP contribution is -2.54. The van der Waals surface area contributed by atoms with Crippen molar-refractivity contribution in [1.82, 2.24) is 15.5 Å². The smallest absolute Gasteiger partial charge is 0.262 e. The van der Waals surface area contributed by atoms with Crippen LogP contribution < -0.4 is 16.0 Å². The Hall–Kier alpha value is -2.74. The van der Waals surface area contributed by atoms with Gasteiger partial charge in [-0.25, -0.2) is 0 Å². The SMILES string of the molecule is O=C1CCC(N2C(=O)c3ccc(NC4CCC5CCNC4C5)cc3C2=O)C(=O)N1. The zero-order valence-electron chi connectivity index (χ0n) is 16.1. The number of nitrogens with one attached hydrogen (secondary N) is 3. The maximum Gasteiger partial charge on any atom is 0.262 e. The van der Waals surface area contributed by atoms with Crippen LogP contribution >= 0.6 is 0 Å². The van der Waals surface area contributed by atoms with Crippen LogP contribution in [-0.4, -0.2) is 53.2 Å². The number of carbonyl (C=O) groups is 4. The molecule has 0 spiro atoms. The second-order valence-electron chi connectivity index (χ2n) is 8.49. The van der Waals surface area contributed by atoms with Crippen molar-refractivity contribution in [3.05, 3.63) is 29.3 Å². The lowest BCUT2D eigenvalue weighted by atomic mass is 9.78. The Labute approximate surface area is 168 Å². The van der Waals surface area contributed by atoms with Gasteiger partial charge in [0.1, 0.15) is 6.04 Å². The number of imide groups is 2. The van der Waals surface area contributed by atoms with Gasteiger partial charge in [-0.3, -0.25) is 29.4 Å². The van der Waals surface area contributed by atoms with Crippen LogP contribution in [0.4, 0.5) is 5.69 Å². The Morgan fingerprint density at radius 2 is 1.79 bits per heavy atom. The molecule has 2 bridgehead atoms. The van der Waals surface area contributed by atoms with Crippen LogP contribution in [-0.2, 0) is 9.59 Å². The van der Waals surface area contributed by atoms with Crippen LogP contribution in [0.15, 0.2) is 18.2 Å². The summed E-state index contributed by atoms with van der Waals surface area (Å²) in [7, 11) is 0. The quantitative estimate of drug-likeness (QED) is 0.659. The van der Waals surface area contributed by atoms with E-state index in [0.717, 1.165) is 29.5 Å². The van der Waals surface area contributed by atoms with Gasteiger partial charge in [0.2, 0.25) is 11.8 Å². The molecular weight excluding hydrogens is 372 g/mol. The van der Waals surface area contributed by atoms with E-state index in [-0.39, 0.29) is 18.7 Å². The van der Waals surface area contributed by atoms with Crippen molar-refractivity contribution in [3.8, 4) is 0 Å². The first kappa shape index (κ1) is 18.3. The number of hydrogen-bond acceptors (Lipinski definition) is 6. The molecule has 1 saturated carbocycles. The molecule has 4 atom stereocenters. The van der Waals surface area contributed by atoms with E-state index in [1.165, 1.54) is 19.3 Å². The summed E-state index contributed by atoms with van der Waals surface area (Å²) in [5, 5.41) is 9.34. The first-order valence-corrected chi connectivity index (χ1v) is 10.4. The van der Waals surface area contributed by atoms with Gasteiger partial charge < -0.3 is 10.6 Å². The topological polar surface area (TPSA) is 108 Å². The molecule has 2 saturated heterocycles. The average molecular weight is 396 g/mol. The molecule has 8 heteroatoms. The van der Waals surface area contributed by atoms with E-state index >= 15 is 0 Å². The Kier molecular flexibility index (Phi) is 4.38. The monoisotopic (exact) mass is 396 g/mol. The van der Waals surface area contributed by atoms with Gasteiger partial charge in [-0.1, -0.05) is 0 Å². The molecule has 5 rings (SSSR count). The van der Waals surface area contributed by atoms with Crippen LogP contribution in [0.1, 0.15) is 59.2 Å². The summed E-state index contributed by atoms with van der Waals surface area (Å²) in [4.78, 5) is 50.3. The van der Waals surface area contributed by atoms with Crippen LogP contribution in [0.5, 0.6) is 0 Å². The Bertz CT molecular complexity index is 914. The largest absolute Gasteiger partial charge is 0.381 e. The maximum atomic E-state index is 13.0. The van der Waals surface area contributed by atoms with Crippen LogP contribution in [0.25, 0.3) is 0 Å². The van der Waals surface area contributed by atoms with Crippen LogP contribution in [0.2, 0.25) is 0 Å². The van der Waals surface area contributed by atoms with E-state index in [0.29, 0.717) is 23.2 Å². The number of rotatable bonds is 3. The van der Waals surface area contributed by atoms with Crippen molar-refractivity contribution < 1.29 is 19.2 Å². The number of benzene rings is 1. The van der Waals surface area contributed by atoms with Crippen molar-refractivity contribution in [2.75, 3.05) is 11.9 Å². The summed E-state index contributed by atoms with van der Waals surface area (Å²) in [6.07, 6.45) is 4.99. The predicted molar refractivity (Wildman–Crippen MR) is 104 cm³/mol. The summed E-state index contributed by atoms with van der Waals surface area (Å²) in [6.45, 7) is 1.05. The minimum absolute atomic E-state index is 0.119. The summed E-state index contributed by atoms with van der Waals surface area (Å²) >= 11 is 0. The molecule has 0 radical (unpaired) electrons. The highest BCUT2D eigenvalue weighted by molar-refractivity contribution is 6.23. The highest BCUT2D eigenvalue weighted by Gasteiger charge is 2.44. The number of hydrogen-bond donors (Lipinski definition) is 3. The molecule has 4 unspecified atom stereocenters. The van der Waals surface area contributed by atoms with Crippen molar-refractivity contribution in [1.29, 1.82) is 0 Å². The fourth-order valence-corrected chi connectivity index (χ4v) is 5.17. The molecule has 1 aromatic carbocycles. The summed E-state index contributed by atoms with van der Waals surface area (Å²) in [5.41, 5.74) is 1.44. The number of anilines is 1. The van der Waals surface area contributed by atoms with Gasteiger partial charge in [0.25, 0.3) is 11.8 Å².